The van der Waals surface area contributed by atoms with Crippen LogP contribution in [0.25, 0.3) is 44.8 Å². The average molecular weight is 567 g/mol. The minimum atomic E-state index is -5.76. The summed E-state index contributed by atoms with van der Waals surface area (Å²) in [5.74, 6) is 0.182. The van der Waals surface area contributed by atoms with Crippen molar-refractivity contribution < 1.29 is 35.2 Å². The van der Waals surface area contributed by atoms with Gasteiger partial charge in [0, 0.05) is 12.5 Å². The van der Waals surface area contributed by atoms with E-state index in [2.05, 4.69) is 9.97 Å². The van der Waals surface area contributed by atoms with Crippen LogP contribution in [-0.4, -0.2) is 22.3 Å². The second kappa shape index (κ2) is 9.22. The monoisotopic (exact) mass is 566 g/mol. The van der Waals surface area contributed by atoms with Crippen LogP contribution < -0.4 is 0 Å². The zero-order valence-electron chi connectivity index (χ0n) is 21.6. The van der Waals surface area contributed by atoms with Crippen LogP contribution >= 0.6 is 0 Å². The normalized spacial score (nSPS) is 12.9. The quantitative estimate of drug-likeness (QED) is 0.200. The number of benzene rings is 4. The van der Waals surface area contributed by atoms with Crippen molar-refractivity contribution in [3.8, 4) is 22.6 Å². The lowest BCUT2D eigenvalue weighted by Gasteiger charge is -2.38. The highest BCUT2D eigenvalue weighted by molar-refractivity contribution is 5.79. The van der Waals surface area contributed by atoms with Gasteiger partial charge in [-0.2, -0.15) is 26.3 Å². The van der Waals surface area contributed by atoms with E-state index in [1.807, 2.05) is 43.3 Å². The van der Waals surface area contributed by atoms with Gasteiger partial charge in [-0.3, -0.25) is 0 Å². The van der Waals surface area contributed by atoms with E-state index in [0.29, 0.717) is 5.56 Å². The summed E-state index contributed by atoms with van der Waals surface area (Å²) in [5, 5.41) is 0. The highest BCUT2D eigenvalue weighted by Gasteiger charge is 2.72. The number of oxazole rings is 2. The van der Waals surface area contributed by atoms with Gasteiger partial charge < -0.3 is 8.83 Å². The second-order valence-electron chi connectivity index (χ2n) is 9.81. The fraction of sp³-hybridized carbons (Fsp3) is 0.161. The zero-order chi connectivity index (χ0) is 29.2. The number of aromatic nitrogens is 2. The average Bonchev–Trinajstić information content (AvgIpc) is 3.50. The predicted octanol–water partition coefficient (Wildman–Crippen LogP) is 9.33. The van der Waals surface area contributed by atoms with E-state index in [-0.39, 0.29) is 34.0 Å². The first-order valence-corrected chi connectivity index (χ1v) is 12.5. The van der Waals surface area contributed by atoms with Crippen LogP contribution in [0.2, 0.25) is 0 Å². The van der Waals surface area contributed by atoms with E-state index in [0.717, 1.165) is 53.1 Å². The fourth-order valence-corrected chi connectivity index (χ4v) is 5.09. The number of aryl methyl sites for hydroxylation is 2. The number of fused-ring (bicyclic) bond motifs is 2. The molecule has 0 saturated carbocycles. The van der Waals surface area contributed by atoms with Crippen molar-refractivity contribution in [2.45, 2.75) is 31.6 Å². The zero-order valence-corrected chi connectivity index (χ0v) is 21.6. The lowest BCUT2D eigenvalue weighted by atomic mass is 9.72. The molecular formula is C31H20F6N2O2. The van der Waals surface area contributed by atoms with Crippen LogP contribution in [0.4, 0.5) is 26.3 Å². The smallest absolute Gasteiger partial charge is 0.411 e. The van der Waals surface area contributed by atoms with Crippen molar-refractivity contribution in [2.75, 3.05) is 0 Å². The maximum absolute atomic E-state index is 14.7. The van der Waals surface area contributed by atoms with Crippen molar-refractivity contribution in [3.63, 3.8) is 0 Å². The first-order chi connectivity index (χ1) is 19.4. The van der Waals surface area contributed by atoms with Gasteiger partial charge in [-0.1, -0.05) is 54.1 Å². The highest BCUT2D eigenvalue weighted by Crippen LogP contribution is 2.56. The van der Waals surface area contributed by atoms with Crippen LogP contribution in [0, 0.1) is 13.8 Å². The van der Waals surface area contributed by atoms with Gasteiger partial charge in [0.15, 0.2) is 17.1 Å². The molecule has 0 aliphatic carbocycles. The molecule has 0 N–H and O–H groups in total. The van der Waals surface area contributed by atoms with Gasteiger partial charge in [-0.15, -0.1) is 0 Å². The summed E-state index contributed by atoms with van der Waals surface area (Å²) in [5.41, 5.74) is -3.02. The van der Waals surface area contributed by atoms with Crippen molar-refractivity contribution in [1.82, 2.24) is 9.97 Å². The number of alkyl halides is 6. The summed E-state index contributed by atoms with van der Waals surface area (Å²) >= 11 is 0. The summed E-state index contributed by atoms with van der Waals surface area (Å²) in [6, 6.07) is 20.3. The summed E-state index contributed by atoms with van der Waals surface area (Å²) in [7, 11) is 0. The number of nitrogens with zero attached hydrogens (tertiary/aromatic N) is 2. The van der Waals surface area contributed by atoms with Gasteiger partial charge in [0.2, 0.25) is 11.3 Å². The molecule has 4 nitrogen and oxygen atoms in total. The molecule has 2 aromatic heterocycles. The first kappa shape index (κ1) is 26.6. The number of hydrogen-bond acceptors (Lipinski definition) is 4. The summed E-state index contributed by atoms with van der Waals surface area (Å²) in [6.45, 7) is 3.43. The van der Waals surface area contributed by atoms with Crippen LogP contribution in [0.3, 0.4) is 0 Å². The Balaban J connectivity index is 1.46. The summed E-state index contributed by atoms with van der Waals surface area (Å²) < 4.78 is 99.2. The van der Waals surface area contributed by atoms with Crippen LogP contribution in [0.1, 0.15) is 22.6 Å². The highest BCUT2D eigenvalue weighted by atomic mass is 19.4. The maximum atomic E-state index is 14.7. The van der Waals surface area contributed by atoms with Crippen molar-refractivity contribution >= 4 is 22.2 Å². The molecule has 0 bridgehead atoms. The minimum absolute atomic E-state index is 0.0483. The molecule has 208 valence electrons. The van der Waals surface area contributed by atoms with Gasteiger partial charge in [-0.25, -0.2) is 9.97 Å². The molecule has 0 unspecified atom stereocenters. The molecule has 0 amide bonds. The third-order valence-electron chi connectivity index (χ3n) is 7.12. The Hall–Kier alpha value is -4.60. The molecule has 6 aromatic rings. The molecule has 0 aliphatic rings. The third-order valence-corrected chi connectivity index (χ3v) is 7.12. The van der Waals surface area contributed by atoms with Crippen LogP contribution in [0.5, 0.6) is 0 Å². The summed E-state index contributed by atoms with van der Waals surface area (Å²) in [6.07, 6.45) is -11.5. The van der Waals surface area contributed by atoms with Gasteiger partial charge in [-0.05, 0) is 65.6 Å². The van der Waals surface area contributed by atoms with Gasteiger partial charge in [0.1, 0.15) is 11.0 Å². The molecule has 4 aromatic carbocycles. The van der Waals surface area contributed by atoms with Crippen molar-refractivity contribution in [2.24, 2.45) is 0 Å². The van der Waals surface area contributed by atoms with E-state index in [1.165, 1.54) is 6.92 Å². The molecular weight excluding hydrogens is 546 g/mol. The number of hydrogen-bond donors (Lipinski definition) is 0. The Bertz CT molecular complexity index is 1870. The molecule has 41 heavy (non-hydrogen) atoms. The van der Waals surface area contributed by atoms with Gasteiger partial charge in [0.25, 0.3) is 0 Å². The van der Waals surface area contributed by atoms with Gasteiger partial charge >= 0.3 is 12.4 Å². The third kappa shape index (κ3) is 4.34. The molecule has 0 spiro atoms. The Morgan fingerprint density at radius 1 is 0.537 bits per heavy atom. The Labute approximate surface area is 229 Å². The standard InChI is InChI=1S/C31H20F6N2O2/c1-17-3-5-19(6-4-17)20-7-9-21(10-8-20)28-39-25-16-23(12-14-27(25)41-28)29(30(32,33)34,31(35,36)37)22-11-13-26-24(15-22)38-18(2)40-26/h3-16H,1-2H3. The Morgan fingerprint density at radius 3 is 1.54 bits per heavy atom. The van der Waals surface area contributed by atoms with E-state index < -0.39 is 28.9 Å². The molecule has 0 radical (unpaired) electrons. The fourth-order valence-electron chi connectivity index (χ4n) is 5.09. The Morgan fingerprint density at radius 2 is 1.00 bits per heavy atom. The van der Waals surface area contributed by atoms with E-state index in [1.54, 1.807) is 12.1 Å². The number of rotatable bonds is 4. The maximum Gasteiger partial charge on any atom is 0.411 e. The molecule has 6 rings (SSSR count). The lowest BCUT2D eigenvalue weighted by Crippen LogP contribution is -2.54. The topological polar surface area (TPSA) is 52.1 Å². The van der Waals surface area contributed by atoms with Crippen molar-refractivity contribution in [3.05, 3.63) is 108 Å². The molecule has 0 fully saturated rings. The van der Waals surface area contributed by atoms with E-state index in [4.69, 9.17) is 8.83 Å². The molecule has 0 atom stereocenters. The second-order valence-corrected chi connectivity index (χ2v) is 9.81. The molecule has 2 heterocycles. The first-order valence-electron chi connectivity index (χ1n) is 12.5. The Kier molecular flexibility index (Phi) is 5.99. The van der Waals surface area contributed by atoms with Crippen LogP contribution in [0.15, 0.2) is 93.8 Å². The lowest BCUT2D eigenvalue weighted by molar-refractivity contribution is -0.288. The predicted molar refractivity (Wildman–Crippen MR) is 141 cm³/mol. The van der Waals surface area contributed by atoms with E-state index in [9.17, 15) is 26.3 Å². The van der Waals surface area contributed by atoms with E-state index >= 15 is 0 Å². The minimum Gasteiger partial charge on any atom is -0.441 e. The number of halogens is 6. The molecule has 0 aliphatic heterocycles. The van der Waals surface area contributed by atoms with Crippen LogP contribution in [-0.2, 0) is 5.41 Å². The van der Waals surface area contributed by atoms with Gasteiger partial charge in [0.05, 0.1) is 0 Å². The largest absolute Gasteiger partial charge is 0.441 e. The summed E-state index contributed by atoms with van der Waals surface area (Å²) in [4.78, 5) is 8.19. The van der Waals surface area contributed by atoms with Crippen molar-refractivity contribution in [1.29, 1.82) is 0 Å². The SMILES string of the molecule is Cc1ccc(-c2ccc(-c3nc4cc(C(c5ccc6oc(C)nc6c5)(C(F)(F)F)C(F)(F)F)ccc4o3)cc2)cc1. The molecule has 0 saturated heterocycles. The molecule has 10 heteroatoms.